The van der Waals surface area contributed by atoms with E-state index >= 15 is 0 Å². The topological polar surface area (TPSA) is 56.7 Å². The van der Waals surface area contributed by atoms with E-state index in [0.29, 0.717) is 11.1 Å². The van der Waals surface area contributed by atoms with Crippen LogP contribution in [0.3, 0.4) is 0 Å². The van der Waals surface area contributed by atoms with Crippen molar-refractivity contribution in [3.63, 3.8) is 0 Å². The first-order valence-electron chi connectivity index (χ1n) is 22.6. The minimum atomic E-state index is -0.668. The van der Waals surface area contributed by atoms with Crippen LogP contribution in [-0.2, 0) is 0 Å². The number of fused-ring (bicyclic) bond motifs is 6. The van der Waals surface area contributed by atoms with Crippen LogP contribution in [0.5, 0.6) is 0 Å². The predicted octanol–water partition coefficient (Wildman–Crippen LogP) is 11.5. The standard InChI is InChI=1S/C45H28N4O/c1-3-15-29(16-4-1)43-46-44(30-17-5-2-6-18-30)48-45(47-43)37-25-13-22-34(36-24-14-23-35-33-21-9-12-28-40(33)50-42(35)36)41(37)49-38-26-10-7-19-31(38)32-20-8-11-27-39(32)49/h1-28H/i7D,8D,9D,10D,11D,14D,19D,20D,21D,23D,24D,26D,27D,28D. The van der Waals surface area contributed by atoms with Crippen molar-refractivity contribution in [1.82, 2.24) is 19.5 Å². The maximum absolute atomic E-state index is 9.48. The number of furan rings is 1. The van der Waals surface area contributed by atoms with E-state index in [1.54, 1.807) is 36.4 Å². The number of benzene rings is 7. The summed E-state index contributed by atoms with van der Waals surface area (Å²) in [4.78, 5) is 14.7. The summed E-state index contributed by atoms with van der Waals surface area (Å²) in [6.07, 6.45) is 0. The Bertz CT molecular complexity index is 3530. The van der Waals surface area contributed by atoms with Gasteiger partial charge in [-0.2, -0.15) is 0 Å². The predicted molar refractivity (Wildman–Crippen MR) is 203 cm³/mol. The van der Waals surface area contributed by atoms with Gasteiger partial charge in [-0.3, -0.25) is 0 Å². The molecule has 10 rings (SSSR count). The van der Waals surface area contributed by atoms with Crippen LogP contribution in [-0.4, -0.2) is 19.5 Å². The third-order valence-electron chi connectivity index (χ3n) is 8.48. The van der Waals surface area contributed by atoms with Crippen LogP contribution in [0.25, 0.3) is 94.7 Å². The molecule has 0 aliphatic rings. The first-order chi connectivity index (χ1) is 30.6. The first-order valence-corrected chi connectivity index (χ1v) is 15.6. The molecule has 0 radical (unpaired) electrons. The molecular weight excluding hydrogens is 613 g/mol. The van der Waals surface area contributed by atoms with Crippen molar-refractivity contribution in [3.05, 3.63) is 170 Å². The van der Waals surface area contributed by atoms with Gasteiger partial charge in [0.05, 0.1) is 35.9 Å². The fourth-order valence-electron chi connectivity index (χ4n) is 6.30. The van der Waals surface area contributed by atoms with Gasteiger partial charge in [-0.15, -0.1) is 0 Å². The SMILES string of the molecule is [2H]c1cc([2H])c2oc3c(-c4cccc(-c5nc(-c6ccccc6)nc(-c6ccccc6)n5)c4-n4c5c([2H])c([2H])c([2H])c([2H])c5c5c([2H])c([2H])c([2H])c([2H])c54)c([2H])c([2H])c([2H])c3c2c1[2H]. The molecule has 10 aromatic rings. The zero-order valence-electron chi connectivity index (χ0n) is 39.8. The van der Waals surface area contributed by atoms with Crippen molar-refractivity contribution in [1.29, 1.82) is 0 Å². The second-order valence-electron chi connectivity index (χ2n) is 11.3. The molecule has 0 amide bonds. The Kier molecular flexibility index (Phi) is 3.99. The molecule has 0 fully saturated rings. The van der Waals surface area contributed by atoms with Crippen LogP contribution in [0.2, 0.25) is 0 Å². The van der Waals surface area contributed by atoms with Gasteiger partial charge in [-0.05, 0) is 24.2 Å². The largest absolute Gasteiger partial charge is 0.455 e. The smallest absolute Gasteiger partial charge is 0.166 e. The van der Waals surface area contributed by atoms with Crippen LogP contribution in [0.1, 0.15) is 19.2 Å². The molecule has 3 heterocycles. The summed E-state index contributed by atoms with van der Waals surface area (Å²) in [7, 11) is 0. The summed E-state index contributed by atoms with van der Waals surface area (Å²) in [6.45, 7) is 0. The van der Waals surface area contributed by atoms with Gasteiger partial charge >= 0.3 is 0 Å². The number of para-hydroxylation sites is 5. The summed E-state index contributed by atoms with van der Waals surface area (Å²) in [5, 5.41) is -0.660. The molecule has 0 bridgehead atoms. The average Bonchev–Trinajstić information content (AvgIpc) is 3.89. The minimum absolute atomic E-state index is 0.00226. The van der Waals surface area contributed by atoms with Crippen molar-refractivity contribution in [3.8, 4) is 51.0 Å². The van der Waals surface area contributed by atoms with Crippen LogP contribution >= 0.6 is 0 Å². The summed E-state index contributed by atoms with van der Waals surface area (Å²) >= 11 is 0. The fraction of sp³-hybridized carbons (Fsp3) is 0. The second kappa shape index (κ2) is 11.4. The fourth-order valence-corrected chi connectivity index (χ4v) is 6.30. The highest BCUT2D eigenvalue weighted by atomic mass is 16.3. The van der Waals surface area contributed by atoms with E-state index in [2.05, 4.69) is 0 Å². The van der Waals surface area contributed by atoms with Crippen LogP contribution < -0.4 is 0 Å². The highest BCUT2D eigenvalue weighted by molar-refractivity contribution is 6.13. The molecule has 0 aliphatic carbocycles. The van der Waals surface area contributed by atoms with Gasteiger partial charge in [-0.25, -0.2) is 15.0 Å². The van der Waals surface area contributed by atoms with Crippen LogP contribution in [0.4, 0.5) is 0 Å². The Balaban J connectivity index is 1.48. The molecule has 0 unspecified atom stereocenters. The number of hydrogen-bond acceptors (Lipinski definition) is 4. The third-order valence-corrected chi connectivity index (χ3v) is 8.48. The number of nitrogens with zero attached hydrogens (tertiary/aromatic N) is 4. The summed E-state index contributed by atoms with van der Waals surface area (Å²) < 4.78 is 133. The normalized spacial score (nSPS) is 15.5. The molecule has 3 aromatic heterocycles. The molecule has 5 nitrogen and oxygen atoms in total. The van der Waals surface area contributed by atoms with Gasteiger partial charge in [0.2, 0.25) is 0 Å². The first kappa shape index (κ1) is 17.5. The third kappa shape index (κ3) is 4.45. The zero-order chi connectivity index (χ0) is 45.2. The number of aromatic nitrogens is 4. The number of hydrogen-bond donors (Lipinski definition) is 0. The van der Waals surface area contributed by atoms with Crippen molar-refractivity contribution in [2.45, 2.75) is 0 Å². The van der Waals surface area contributed by atoms with Gasteiger partial charge in [0.1, 0.15) is 11.2 Å². The molecule has 5 heteroatoms. The van der Waals surface area contributed by atoms with E-state index in [4.69, 9.17) is 34.4 Å². The van der Waals surface area contributed by atoms with E-state index in [0.717, 1.165) is 6.07 Å². The highest BCUT2D eigenvalue weighted by Gasteiger charge is 2.24. The Morgan fingerprint density at radius 3 is 1.70 bits per heavy atom. The molecule has 0 atom stereocenters. The molecule has 0 spiro atoms. The van der Waals surface area contributed by atoms with E-state index in [1.807, 2.05) is 36.4 Å². The molecular formula is C45H28N4O. The van der Waals surface area contributed by atoms with E-state index < -0.39 is 66.5 Å². The van der Waals surface area contributed by atoms with Gasteiger partial charge in [-0.1, -0.05) is 145 Å². The number of rotatable bonds is 5. The maximum atomic E-state index is 9.48. The minimum Gasteiger partial charge on any atom is -0.455 e. The maximum Gasteiger partial charge on any atom is 0.166 e. The van der Waals surface area contributed by atoms with Gasteiger partial charge in [0.25, 0.3) is 0 Å². The Morgan fingerprint density at radius 1 is 0.440 bits per heavy atom. The molecule has 0 saturated carbocycles. The average molecular weight is 655 g/mol. The zero-order valence-corrected chi connectivity index (χ0v) is 25.8. The van der Waals surface area contributed by atoms with Crippen molar-refractivity contribution < 1.29 is 23.6 Å². The van der Waals surface area contributed by atoms with Gasteiger partial charge < -0.3 is 8.98 Å². The lowest BCUT2D eigenvalue weighted by Crippen LogP contribution is -2.05. The lowest BCUT2D eigenvalue weighted by atomic mass is 9.97. The molecule has 234 valence electrons. The lowest BCUT2D eigenvalue weighted by Gasteiger charge is -2.19. The molecule has 7 aromatic carbocycles. The molecule has 50 heavy (non-hydrogen) atoms. The highest BCUT2D eigenvalue weighted by Crippen LogP contribution is 2.44. The van der Waals surface area contributed by atoms with Crippen molar-refractivity contribution in [2.24, 2.45) is 0 Å². The van der Waals surface area contributed by atoms with Crippen LogP contribution in [0.15, 0.2) is 174 Å². The van der Waals surface area contributed by atoms with Gasteiger partial charge in [0, 0.05) is 49.4 Å². The quantitative estimate of drug-likeness (QED) is 0.185. The Labute approximate surface area is 307 Å². The lowest BCUT2D eigenvalue weighted by molar-refractivity contribution is 0.670. The Hall–Kier alpha value is -6.85. The van der Waals surface area contributed by atoms with E-state index in [1.165, 1.54) is 10.6 Å². The summed E-state index contributed by atoms with van der Waals surface area (Å²) in [6, 6.07) is 16.3. The van der Waals surface area contributed by atoms with Crippen molar-refractivity contribution in [2.75, 3.05) is 0 Å². The van der Waals surface area contributed by atoms with E-state index in [9.17, 15) is 4.11 Å². The summed E-state index contributed by atoms with van der Waals surface area (Å²) in [5.41, 5.74) is 0.230. The van der Waals surface area contributed by atoms with E-state index in [-0.39, 0.29) is 102 Å². The van der Waals surface area contributed by atoms with Gasteiger partial charge in [0.15, 0.2) is 17.5 Å². The summed E-state index contributed by atoms with van der Waals surface area (Å²) in [5.74, 6) is 0.464. The molecule has 0 saturated heterocycles. The monoisotopic (exact) mass is 654 g/mol. The molecule has 0 aliphatic heterocycles. The van der Waals surface area contributed by atoms with Crippen molar-refractivity contribution >= 4 is 43.7 Å². The molecule has 0 N–H and O–H groups in total. The second-order valence-corrected chi connectivity index (χ2v) is 11.3. The van der Waals surface area contributed by atoms with Crippen LogP contribution in [0, 0.1) is 0 Å². The Morgan fingerprint density at radius 2 is 1.02 bits per heavy atom.